The number of hydrogen-bond donors (Lipinski definition) is 1. The quantitative estimate of drug-likeness (QED) is 0.862. The molecule has 1 N–H and O–H groups in total. The lowest BCUT2D eigenvalue weighted by molar-refractivity contribution is 0.0911. The Morgan fingerprint density at radius 1 is 1.14 bits per heavy atom. The minimum Gasteiger partial charge on any atom is -0.349 e. The largest absolute Gasteiger partial charge is 0.349 e. The monoisotopic (exact) mass is 396 g/mol. The Labute approximate surface area is 172 Å². The van der Waals surface area contributed by atoms with Gasteiger partial charge in [0.1, 0.15) is 5.82 Å². The summed E-state index contributed by atoms with van der Waals surface area (Å²) in [5.74, 6) is 0.803. The molecule has 156 valence electrons. The maximum absolute atomic E-state index is 12.9. The van der Waals surface area contributed by atoms with Gasteiger partial charge in [0, 0.05) is 37.7 Å². The number of aryl methyl sites for hydroxylation is 1. The van der Waals surface area contributed by atoms with Crippen LogP contribution in [0.25, 0.3) is 10.9 Å². The molecule has 0 bridgehead atoms. The predicted molar refractivity (Wildman–Crippen MR) is 115 cm³/mol. The van der Waals surface area contributed by atoms with Gasteiger partial charge in [0.25, 0.3) is 11.5 Å². The molecular weight excluding hydrogens is 364 g/mol. The van der Waals surface area contributed by atoms with Crippen LogP contribution >= 0.6 is 0 Å². The Morgan fingerprint density at radius 2 is 1.93 bits per heavy atom. The van der Waals surface area contributed by atoms with Crippen molar-refractivity contribution in [2.45, 2.75) is 70.9 Å². The van der Waals surface area contributed by atoms with Gasteiger partial charge in [-0.3, -0.25) is 14.2 Å². The molecular formula is C23H32N4O2. The molecule has 2 aliphatic rings. The van der Waals surface area contributed by atoms with Crippen molar-refractivity contribution in [2.24, 2.45) is 0 Å². The van der Waals surface area contributed by atoms with Crippen LogP contribution in [-0.2, 0) is 13.0 Å². The van der Waals surface area contributed by atoms with Crippen molar-refractivity contribution >= 4 is 16.8 Å². The van der Waals surface area contributed by atoms with Crippen molar-refractivity contribution in [2.75, 3.05) is 19.6 Å². The molecule has 1 fully saturated rings. The van der Waals surface area contributed by atoms with Gasteiger partial charge in [0.2, 0.25) is 0 Å². The zero-order chi connectivity index (χ0) is 20.2. The summed E-state index contributed by atoms with van der Waals surface area (Å²) in [5.41, 5.74) is 1.27. The number of rotatable bonds is 4. The Balaban J connectivity index is 1.52. The van der Waals surface area contributed by atoms with E-state index in [1.807, 2.05) is 4.57 Å². The van der Waals surface area contributed by atoms with Crippen molar-refractivity contribution in [1.82, 2.24) is 19.8 Å². The van der Waals surface area contributed by atoms with Crippen LogP contribution in [0.2, 0.25) is 0 Å². The Hall–Kier alpha value is -2.21. The smallest absolute Gasteiger partial charge is 0.261 e. The number of likely N-dealkylation sites (tertiary alicyclic amines) is 1. The maximum Gasteiger partial charge on any atom is 0.261 e. The van der Waals surface area contributed by atoms with Crippen LogP contribution in [0.4, 0.5) is 0 Å². The van der Waals surface area contributed by atoms with Gasteiger partial charge >= 0.3 is 0 Å². The fourth-order valence-electron chi connectivity index (χ4n) is 4.62. The van der Waals surface area contributed by atoms with Crippen LogP contribution in [0.15, 0.2) is 23.0 Å². The van der Waals surface area contributed by atoms with E-state index < -0.39 is 0 Å². The van der Waals surface area contributed by atoms with E-state index in [1.54, 1.807) is 18.2 Å². The van der Waals surface area contributed by atoms with Crippen molar-refractivity contribution in [3.63, 3.8) is 0 Å². The van der Waals surface area contributed by atoms with Gasteiger partial charge in [-0.15, -0.1) is 0 Å². The third kappa shape index (κ3) is 4.53. The number of amides is 1. The third-order valence-electron chi connectivity index (χ3n) is 6.29. The molecule has 0 atom stereocenters. The first kappa shape index (κ1) is 20.1. The van der Waals surface area contributed by atoms with E-state index in [2.05, 4.69) is 17.1 Å². The summed E-state index contributed by atoms with van der Waals surface area (Å²) in [4.78, 5) is 33.0. The Morgan fingerprint density at radius 3 is 2.72 bits per heavy atom. The number of nitrogens with one attached hydrogen (secondary N) is 1. The molecule has 0 saturated carbocycles. The summed E-state index contributed by atoms with van der Waals surface area (Å²) in [6.07, 6.45) is 8.43. The molecule has 0 unspecified atom stereocenters. The van der Waals surface area contributed by atoms with Gasteiger partial charge in [0.15, 0.2) is 0 Å². The number of carbonyl (C=O) groups excluding carboxylic acids is 1. The molecule has 0 spiro atoms. The van der Waals surface area contributed by atoms with E-state index in [4.69, 9.17) is 4.98 Å². The molecule has 1 aromatic carbocycles. The van der Waals surface area contributed by atoms with Crippen LogP contribution < -0.4 is 10.9 Å². The SMILES string of the molecule is CCCN1CCC(NC(=O)c2ccc3c(=O)n4c(nc3c2)CCCCCC4)CC1. The number of carbonyl (C=O) groups is 1. The number of nitrogens with zero attached hydrogens (tertiary/aromatic N) is 3. The molecule has 6 nitrogen and oxygen atoms in total. The van der Waals surface area contributed by atoms with Crippen molar-refractivity contribution < 1.29 is 4.79 Å². The standard InChI is InChI=1S/C23H32N4O2/c1-2-12-26-14-10-18(11-15-26)24-22(28)17-8-9-19-20(16-17)25-21-7-5-3-4-6-13-27(21)23(19)29/h8-9,16,18H,2-7,10-15H2,1H3,(H,24,28). The Bertz CT molecular complexity index is 928. The molecule has 3 heterocycles. The molecule has 0 aliphatic carbocycles. The second-order valence-corrected chi connectivity index (χ2v) is 8.47. The number of hydrogen-bond acceptors (Lipinski definition) is 4. The van der Waals surface area contributed by atoms with E-state index in [1.165, 1.54) is 19.3 Å². The number of benzene rings is 1. The maximum atomic E-state index is 12.9. The number of piperidine rings is 1. The molecule has 1 aromatic heterocycles. The molecule has 1 saturated heterocycles. The molecule has 2 aliphatic heterocycles. The molecule has 0 radical (unpaired) electrons. The van der Waals surface area contributed by atoms with Gasteiger partial charge in [0.05, 0.1) is 10.9 Å². The van der Waals surface area contributed by atoms with Crippen LogP contribution in [-0.4, -0.2) is 46.0 Å². The molecule has 6 heteroatoms. The summed E-state index contributed by atoms with van der Waals surface area (Å²) in [6, 6.07) is 5.55. The highest BCUT2D eigenvalue weighted by Gasteiger charge is 2.21. The van der Waals surface area contributed by atoms with E-state index >= 15 is 0 Å². The van der Waals surface area contributed by atoms with Gasteiger partial charge in [-0.1, -0.05) is 19.8 Å². The summed E-state index contributed by atoms with van der Waals surface area (Å²) in [5, 5.41) is 3.79. The minimum atomic E-state index is -0.0607. The Kier molecular flexibility index (Phi) is 6.28. The topological polar surface area (TPSA) is 67.2 Å². The van der Waals surface area contributed by atoms with Gasteiger partial charge < -0.3 is 10.2 Å². The normalized spacial score (nSPS) is 18.8. The van der Waals surface area contributed by atoms with Crippen LogP contribution in [0.5, 0.6) is 0 Å². The first-order valence-electron chi connectivity index (χ1n) is 11.2. The summed E-state index contributed by atoms with van der Waals surface area (Å²) in [7, 11) is 0. The minimum absolute atomic E-state index is 0.0298. The first-order valence-corrected chi connectivity index (χ1v) is 11.2. The van der Waals surface area contributed by atoms with Crippen molar-refractivity contribution in [3.8, 4) is 0 Å². The summed E-state index contributed by atoms with van der Waals surface area (Å²) in [6.45, 7) is 6.17. The molecule has 29 heavy (non-hydrogen) atoms. The van der Waals surface area contributed by atoms with Gasteiger partial charge in [-0.05, 0) is 56.8 Å². The highest BCUT2D eigenvalue weighted by Crippen LogP contribution is 2.17. The average molecular weight is 397 g/mol. The van der Waals surface area contributed by atoms with E-state index in [9.17, 15) is 9.59 Å². The van der Waals surface area contributed by atoms with Crippen molar-refractivity contribution in [3.05, 3.63) is 39.9 Å². The predicted octanol–water partition coefficient (Wildman–Crippen LogP) is 3.12. The zero-order valence-corrected chi connectivity index (χ0v) is 17.5. The third-order valence-corrected chi connectivity index (χ3v) is 6.29. The van der Waals surface area contributed by atoms with Crippen LogP contribution in [0.1, 0.15) is 68.1 Å². The van der Waals surface area contributed by atoms with Gasteiger partial charge in [-0.2, -0.15) is 0 Å². The van der Waals surface area contributed by atoms with E-state index in [0.29, 0.717) is 16.5 Å². The van der Waals surface area contributed by atoms with E-state index in [0.717, 1.165) is 64.1 Å². The lowest BCUT2D eigenvalue weighted by Gasteiger charge is -2.32. The second kappa shape index (κ2) is 9.08. The molecule has 2 aromatic rings. The second-order valence-electron chi connectivity index (χ2n) is 8.47. The highest BCUT2D eigenvalue weighted by atomic mass is 16.1. The van der Waals surface area contributed by atoms with Crippen LogP contribution in [0, 0.1) is 0 Å². The van der Waals surface area contributed by atoms with Gasteiger partial charge in [-0.25, -0.2) is 4.98 Å². The van der Waals surface area contributed by atoms with Crippen LogP contribution in [0.3, 0.4) is 0 Å². The van der Waals surface area contributed by atoms with E-state index in [-0.39, 0.29) is 17.5 Å². The fraction of sp³-hybridized carbons (Fsp3) is 0.609. The first-order chi connectivity index (χ1) is 14.2. The number of aromatic nitrogens is 2. The highest BCUT2D eigenvalue weighted by molar-refractivity contribution is 5.97. The summed E-state index contributed by atoms with van der Waals surface area (Å²) < 4.78 is 1.84. The average Bonchev–Trinajstić information content (AvgIpc) is 2.71. The number of fused-ring (bicyclic) bond motifs is 2. The van der Waals surface area contributed by atoms with Crippen molar-refractivity contribution in [1.29, 1.82) is 0 Å². The molecule has 4 rings (SSSR count). The lowest BCUT2D eigenvalue weighted by Crippen LogP contribution is -2.44. The molecule has 1 amide bonds. The summed E-state index contributed by atoms with van der Waals surface area (Å²) >= 11 is 0. The lowest BCUT2D eigenvalue weighted by atomic mass is 10.0. The fourth-order valence-corrected chi connectivity index (χ4v) is 4.62. The zero-order valence-electron chi connectivity index (χ0n) is 17.5.